The number of hydrogen-bond donors (Lipinski definition) is 3. The average molecular weight is 511 g/mol. The summed E-state index contributed by atoms with van der Waals surface area (Å²) in [6.07, 6.45) is 0.181. The molecule has 36 heavy (non-hydrogen) atoms. The lowest BCUT2D eigenvalue weighted by Gasteiger charge is -2.34. The largest absolute Gasteiger partial charge is 0.455 e. The van der Waals surface area contributed by atoms with Gasteiger partial charge in [0, 0.05) is 18.4 Å². The summed E-state index contributed by atoms with van der Waals surface area (Å²) in [6, 6.07) is 0. The lowest BCUT2D eigenvalue weighted by Crippen LogP contribution is -2.45. The van der Waals surface area contributed by atoms with Crippen LogP contribution in [0.5, 0.6) is 0 Å². The Morgan fingerprint density at radius 1 is 1.28 bits per heavy atom. The molecule has 0 amide bonds. The van der Waals surface area contributed by atoms with Crippen molar-refractivity contribution in [2.45, 2.75) is 103 Å². The molecule has 0 radical (unpaired) electrons. The number of hydrogen-bond acceptors (Lipinski definition) is 9. The molecule has 0 saturated carbocycles. The van der Waals surface area contributed by atoms with Crippen LogP contribution in [0.15, 0.2) is 16.5 Å². The number of aromatic nitrogens is 1. The minimum Gasteiger partial charge on any atom is -0.455 e. The quantitative estimate of drug-likeness (QED) is 0.412. The van der Waals surface area contributed by atoms with Crippen molar-refractivity contribution in [1.29, 1.82) is 0 Å². The number of carbonyl (C=O) groups excluding carboxylic acids is 2. The highest BCUT2D eigenvalue weighted by atomic mass is 19.1. The molecule has 2 aliphatic rings. The van der Waals surface area contributed by atoms with Crippen LogP contribution in [-0.2, 0) is 25.6 Å². The fourth-order valence-electron chi connectivity index (χ4n) is 4.90. The summed E-state index contributed by atoms with van der Waals surface area (Å²) in [7, 11) is 0. The molecular weight excluding hydrogens is 471 g/mol. The van der Waals surface area contributed by atoms with Crippen LogP contribution < -0.4 is 5.73 Å². The van der Waals surface area contributed by atoms with Gasteiger partial charge in [0.2, 0.25) is 5.89 Å². The third-order valence-electron chi connectivity index (χ3n) is 7.74. The summed E-state index contributed by atoms with van der Waals surface area (Å²) in [4.78, 5) is 30.0. The van der Waals surface area contributed by atoms with Crippen LogP contribution in [0.25, 0.3) is 6.08 Å². The van der Waals surface area contributed by atoms with Gasteiger partial charge in [-0.1, -0.05) is 34.1 Å². The van der Waals surface area contributed by atoms with E-state index < -0.39 is 53.5 Å². The molecule has 9 nitrogen and oxygen atoms in total. The number of cyclic esters (lactones) is 1. The number of halogens is 1. The Hall–Kier alpha value is -2.14. The van der Waals surface area contributed by atoms with E-state index in [9.17, 15) is 19.8 Å². The number of esters is 1. The molecule has 2 aliphatic heterocycles. The van der Waals surface area contributed by atoms with Crippen molar-refractivity contribution in [3.05, 3.63) is 23.7 Å². The molecular formula is C26H39FN2O7. The van der Waals surface area contributed by atoms with Gasteiger partial charge in [-0.2, -0.15) is 0 Å². The van der Waals surface area contributed by atoms with Gasteiger partial charge in [-0.05, 0) is 25.7 Å². The van der Waals surface area contributed by atoms with Crippen molar-refractivity contribution in [2.24, 2.45) is 23.0 Å². The van der Waals surface area contributed by atoms with Crippen LogP contribution in [0.3, 0.4) is 0 Å². The number of nitrogens with zero attached hydrogens (tertiary/aromatic N) is 1. The summed E-state index contributed by atoms with van der Waals surface area (Å²) >= 11 is 0. The number of nitrogens with two attached hydrogens (primary N) is 1. The first kappa shape index (κ1) is 28.4. The number of ether oxygens (including phenoxy) is 2. The van der Waals surface area contributed by atoms with Crippen molar-refractivity contribution in [3.8, 4) is 0 Å². The van der Waals surface area contributed by atoms with E-state index in [1.807, 2.05) is 13.8 Å². The van der Waals surface area contributed by atoms with Gasteiger partial charge in [-0.25, -0.2) is 9.37 Å². The van der Waals surface area contributed by atoms with E-state index in [2.05, 4.69) is 4.98 Å². The molecule has 4 N–H and O–H groups in total. The normalized spacial score (nSPS) is 36.8. The van der Waals surface area contributed by atoms with Gasteiger partial charge in [0.05, 0.1) is 42.3 Å². The molecule has 7 unspecified atom stereocenters. The fraction of sp³-hybridized carbons (Fsp3) is 0.731. The third kappa shape index (κ3) is 6.40. The van der Waals surface area contributed by atoms with Crippen LogP contribution in [-0.4, -0.2) is 57.0 Å². The number of carbonyl (C=O) groups is 2. The zero-order valence-corrected chi connectivity index (χ0v) is 21.7. The number of Topliss-reactive ketones (excluding diaryl/α,β-unsaturated/α-hetero) is 1. The monoisotopic (exact) mass is 510 g/mol. The molecule has 0 spiro atoms. The Kier molecular flexibility index (Phi) is 8.75. The van der Waals surface area contributed by atoms with Gasteiger partial charge in [0.1, 0.15) is 23.6 Å². The number of oxazole rings is 1. The van der Waals surface area contributed by atoms with E-state index >= 15 is 4.39 Å². The average Bonchev–Trinajstić information content (AvgIpc) is 3.23. The first-order chi connectivity index (χ1) is 16.8. The van der Waals surface area contributed by atoms with Gasteiger partial charge in [-0.3, -0.25) is 9.59 Å². The zero-order chi connectivity index (χ0) is 26.8. The van der Waals surface area contributed by atoms with E-state index in [1.54, 1.807) is 6.92 Å². The highest BCUT2D eigenvalue weighted by Gasteiger charge is 2.53. The van der Waals surface area contributed by atoms with E-state index in [-0.39, 0.29) is 42.4 Å². The van der Waals surface area contributed by atoms with Crippen molar-refractivity contribution < 1.29 is 38.1 Å². The second kappa shape index (κ2) is 11.1. The first-order valence-corrected chi connectivity index (χ1v) is 12.6. The summed E-state index contributed by atoms with van der Waals surface area (Å²) in [5.74, 6) is -2.58. The number of rotatable bonds is 3. The molecule has 1 aromatic rings. The number of epoxide rings is 1. The van der Waals surface area contributed by atoms with Crippen molar-refractivity contribution >= 4 is 17.8 Å². The Morgan fingerprint density at radius 2 is 1.97 bits per heavy atom. The van der Waals surface area contributed by atoms with Crippen molar-refractivity contribution in [3.63, 3.8) is 0 Å². The van der Waals surface area contributed by atoms with Crippen molar-refractivity contribution in [1.82, 2.24) is 4.98 Å². The van der Waals surface area contributed by atoms with Crippen LogP contribution in [0.1, 0.15) is 78.3 Å². The lowest BCUT2D eigenvalue weighted by molar-refractivity contribution is -0.155. The molecule has 0 aliphatic carbocycles. The number of aliphatic hydroxyl groups excluding tert-OH is 2. The number of ketones is 1. The Labute approximate surface area is 211 Å². The second-order valence-electron chi connectivity index (χ2n) is 11.0. The van der Waals surface area contributed by atoms with Crippen LogP contribution >= 0.6 is 0 Å². The molecule has 3 rings (SSSR count). The van der Waals surface area contributed by atoms with E-state index in [4.69, 9.17) is 19.6 Å². The van der Waals surface area contributed by atoms with E-state index in [0.29, 0.717) is 12.8 Å². The van der Waals surface area contributed by atoms with Gasteiger partial charge in [0.15, 0.2) is 6.10 Å². The smallest absolute Gasteiger partial charge is 0.309 e. The lowest BCUT2D eigenvalue weighted by atomic mass is 9.73. The number of aliphatic hydroxyl groups is 2. The summed E-state index contributed by atoms with van der Waals surface area (Å²) in [6.45, 7) is 8.57. The standard InChI is InChI=1S/C26H39FN2O7/c1-14-7-6-8-26(5)20(36-26)10-18(17(27)9-16-13-34-21(12-28)29-16)35-22(31)11-19(30)25(3,4)24(33)15(2)23(14)32/h9,13-15,18-20,23,30,32H,6-8,10-12,28H2,1-5H3. The fourth-order valence-corrected chi connectivity index (χ4v) is 4.90. The maximum Gasteiger partial charge on any atom is 0.309 e. The topological polar surface area (TPSA) is 148 Å². The maximum absolute atomic E-state index is 15.3. The molecule has 2 fully saturated rings. The highest BCUT2D eigenvalue weighted by Crippen LogP contribution is 2.45. The summed E-state index contributed by atoms with van der Waals surface area (Å²) < 4.78 is 31.8. The molecule has 2 saturated heterocycles. The SMILES string of the molecule is CC1CCCC2(C)OC2CC(C(F)=Cc2coc(CN)n2)OC(=O)CC(O)C(C)(C)C(=O)C(C)C1O. The third-order valence-corrected chi connectivity index (χ3v) is 7.74. The number of fused-ring (bicyclic) bond motifs is 1. The molecule has 3 heterocycles. The van der Waals surface area contributed by atoms with E-state index in [1.165, 1.54) is 20.1 Å². The Balaban J connectivity index is 1.85. The van der Waals surface area contributed by atoms with Crippen molar-refractivity contribution in [2.75, 3.05) is 0 Å². The molecule has 7 atom stereocenters. The maximum atomic E-state index is 15.3. The van der Waals surface area contributed by atoms with Crippen LogP contribution in [0, 0.1) is 17.3 Å². The summed E-state index contributed by atoms with van der Waals surface area (Å²) in [5, 5.41) is 21.6. The minimum atomic E-state index is -1.38. The highest BCUT2D eigenvalue weighted by molar-refractivity contribution is 5.88. The van der Waals surface area contributed by atoms with Gasteiger partial charge < -0.3 is 29.8 Å². The van der Waals surface area contributed by atoms with Gasteiger partial charge >= 0.3 is 5.97 Å². The molecule has 10 heteroatoms. The Morgan fingerprint density at radius 3 is 2.61 bits per heavy atom. The van der Waals surface area contributed by atoms with Crippen LogP contribution in [0.2, 0.25) is 0 Å². The van der Waals surface area contributed by atoms with Crippen LogP contribution in [0.4, 0.5) is 4.39 Å². The molecule has 1 aromatic heterocycles. The predicted molar refractivity (Wildman–Crippen MR) is 129 cm³/mol. The molecule has 202 valence electrons. The zero-order valence-electron chi connectivity index (χ0n) is 21.7. The van der Waals surface area contributed by atoms with E-state index in [0.717, 1.165) is 12.5 Å². The molecule has 0 aromatic carbocycles. The molecule has 0 bridgehead atoms. The Bertz CT molecular complexity index is 977. The second-order valence-corrected chi connectivity index (χ2v) is 11.0. The summed E-state index contributed by atoms with van der Waals surface area (Å²) in [5.41, 5.74) is 3.86. The van der Waals surface area contributed by atoms with Gasteiger partial charge in [0.25, 0.3) is 0 Å². The minimum absolute atomic E-state index is 0.0583. The van der Waals surface area contributed by atoms with Gasteiger partial charge in [-0.15, -0.1) is 0 Å². The predicted octanol–water partition coefficient (Wildman–Crippen LogP) is 3.07. The first-order valence-electron chi connectivity index (χ1n) is 12.6.